The summed E-state index contributed by atoms with van der Waals surface area (Å²) >= 11 is 0. The summed E-state index contributed by atoms with van der Waals surface area (Å²) in [6, 6.07) is 30.4. The molecule has 0 aromatic heterocycles. The van der Waals surface area contributed by atoms with E-state index in [0.717, 1.165) is 6.42 Å². The maximum Gasteiger partial charge on any atom is -0.0152 e. The second kappa shape index (κ2) is 8.68. The van der Waals surface area contributed by atoms with Gasteiger partial charge in [-0.25, -0.2) is 0 Å². The zero-order valence-electron chi connectivity index (χ0n) is 15.8. The lowest BCUT2D eigenvalue weighted by Gasteiger charge is -2.17. The zero-order chi connectivity index (χ0) is 18.3. The van der Waals surface area contributed by atoms with E-state index in [1.807, 2.05) is 0 Å². The summed E-state index contributed by atoms with van der Waals surface area (Å²) < 4.78 is 0. The van der Waals surface area contributed by atoms with E-state index < -0.39 is 0 Å². The van der Waals surface area contributed by atoms with Gasteiger partial charge in [-0.15, -0.1) is 0 Å². The van der Waals surface area contributed by atoms with E-state index in [9.17, 15) is 0 Å². The van der Waals surface area contributed by atoms with Gasteiger partial charge in [-0.3, -0.25) is 0 Å². The third kappa shape index (κ3) is 4.28. The lowest BCUT2D eigenvalue weighted by Crippen LogP contribution is -1.97. The van der Waals surface area contributed by atoms with Crippen molar-refractivity contribution >= 4 is 5.57 Å². The predicted molar refractivity (Wildman–Crippen MR) is 117 cm³/mol. The quantitative estimate of drug-likeness (QED) is 0.432. The maximum absolute atomic E-state index is 2.33. The van der Waals surface area contributed by atoms with Crippen molar-refractivity contribution in [2.45, 2.75) is 32.1 Å². The summed E-state index contributed by atoms with van der Waals surface area (Å²) in [5.41, 5.74) is 8.56. The van der Waals surface area contributed by atoms with Crippen molar-refractivity contribution in [2.75, 3.05) is 0 Å². The molecule has 0 N–H and O–H groups in total. The molecule has 1 aliphatic rings. The molecule has 0 nitrogen and oxygen atoms in total. The minimum atomic E-state index is 1.13. The normalized spacial score (nSPS) is 13.8. The van der Waals surface area contributed by atoms with Gasteiger partial charge < -0.3 is 0 Å². The first-order chi connectivity index (χ1) is 13.4. The molecule has 0 spiro atoms. The van der Waals surface area contributed by atoms with Gasteiger partial charge in [0.05, 0.1) is 0 Å². The number of rotatable bonds is 6. The maximum atomic E-state index is 2.33. The van der Waals surface area contributed by atoms with Crippen LogP contribution >= 0.6 is 0 Å². The Labute approximate surface area is 162 Å². The molecule has 0 bridgehead atoms. The molecule has 0 heterocycles. The van der Waals surface area contributed by atoms with E-state index in [4.69, 9.17) is 0 Å². The summed E-state index contributed by atoms with van der Waals surface area (Å²) in [5, 5.41) is 0. The summed E-state index contributed by atoms with van der Waals surface area (Å²) in [4.78, 5) is 0. The van der Waals surface area contributed by atoms with Crippen LogP contribution in [0.2, 0.25) is 0 Å². The second-order valence-electron chi connectivity index (χ2n) is 7.20. The van der Waals surface area contributed by atoms with Gasteiger partial charge in [-0.1, -0.05) is 103 Å². The van der Waals surface area contributed by atoms with Crippen molar-refractivity contribution < 1.29 is 0 Å². The first-order valence-corrected chi connectivity index (χ1v) is 9.99. The highest BCUT2D eigenvalue weighted by atomic mass is 14.2. The molecule has 0 saturated heterocycles. The minimum absolute atomic E-state index is 1.13. The van der Waals surface area contributed by atoms with Gasteiger partial charge in [0.25, 0.3) is 0 Å². The first kappa shape index (κ1) is 17.5. The van der Waals surface area contributed by atoms with E-state index in [2.05, 4.69) is 97.1 Å². The molecule has 0 fully saturated rings. The van der Waals surface area contributed by atoms with E-state index in [0.29, 0.717) is 0 Å². The molecular weight excluding hydrogens is 324 g/mol. The van der Waals surface area contributed by atoms with Crippen LogP contribution in [0.15, 0.2) is 103 Å². The number of benzene rings is 3. The van der Waals surface area contributed by atoms with E-state index in [1.54, 1.807) is 5.57 Å². The second-order valence-corrected chi connectivity index (χ2v) is 7.20. The topological polar surface area (TPSA) is 0 Å². The van der Waals surface area contributed by atoms with Crippen LogP contribution in [0.25, 0.3) is 16.7 Å². The molecule has 0 heteroatoms. The van der Waals surface area contributed by atoms with Gasteiger partial charge in [-0.05, 0) is 59.9 Å². The van der Waals surface area contributed by atoms with Gasteiger partial charge in [0.15, 0.2) is 0 Å². The standard InChI is InChI=1S/C27H26/c1-3-12-22(13-4-1)26-20-9-7-16-24(26)18-11-19-25-17-8-10-21-27(25)23-14-5-2-6-15-23/h1-7,9-10,12-16,20-21H,8,11,17-19H2. The molecule has 1 aliphatic carbocycles. The first-order valence-electron chi connectivity index (χ1n) is 9.99. The molecule has 27 heavy (non-hydrogen) atoms. The van der Waals surface area contributed by atoms with Crippen LogP contribution in [0, 0.1) is 0 Å². The minimum Gasteiger partial charge on any atom is -0.0836 e. The average molecular weight is 351 g/mol. The van der Waals surface area contributed by atoms with Crippen molar-refractivity contribution in [3.63, 3.8) is 0 Å². The Balaban J connectivity index is 1.50. The number of aryl methyl sites for hydroxylation is 1. The number of hydrogen-bond donors (Lipinski definition) is 0. The molecule has 4 rings (SSSR count). The number of hydrogen-bond acceptors (Lipinski definition) is 0. The third-order valence-electron chi connectivity index (χ3n) is 5.39. The fourth-order valence-corrected chi connectivity index (χ4v) is 4.02. The summed E-state index contributed by atoms with van der Waals surface area (Å²) in [6.07, 6.45) is 10.5. The van der Waals surface area contributed by atoms with Crippen molar-refractivity contribution in [3.05, 3.63) is 114 Å². The lowest BCUT2D eigenvalue weighted by molar-refractivity contribution is 0.771. The van der Waals surface area contributed by atoms with Gasteiger partial charge in [0, 0.05) is 0 Å². The van der Waals surface area contributed by atoms with Gasteiger partial charge in [0.1, 0.15) is 0 Å². The number of allylic oxidation sites excluding steroid dienone is 4. The molecule has 0 aliphatic heterocycles. The Morgan fingerprint density at radius 1 is 0.630 bits per heavy atom. The molecular formula is C27H26. The Kier molecular flexibility index (Phi) is 5.64. The highest BCUT2D eigenvalue weighted by Crippen LogP contribution is 2.31. The molecule has 0 radical (unpaired) electrons. The molecule has 0 atom stereocenters. The van der Waals surface area contributed by atoms with E-state index >= 15 is 0 Å². The monoisotopic (exact) mass is 350 g/mol. The van der Waals surface area contributed by atoms with Crippen LogP contribution in [-0.2, 0) is 6.42 Å². The fourth-order valence-electron chi connectivity index (χ4n) is 4.02. The van der Waals surface area contributed by atoms with Crippen molar-refractivity contribution in [1.29, 1.82) is 0 Å². The Morgan fingerprint density at radius 2 is 1.30 bits per heavy atom. The highest BCUT2D eigenvalue weighted by molar-refractivity contribution is 5.77. The van der Waals surface area contributed by atoms with Crippen LogP contribution in [0.3, 0.4) is 0 Å². The van der Waals surface area contributed by atoms with Crippen molar-refractivity contribution in [2.24, 2.45) is 0 Å². The lowest BCUT2D eigenvalue weighted by atomic mass is 9.88. The predicted octanol–water partition coefficient (Wildman–Crippen LogP) is 7.48. The zero-order valence-corrected chi connectivity index (χ0v) is 15.8. The largest absolute Gasteiger partial charge is 0.0836 e. The van der Waals surface area contributed by atoms with Gasteiger partial charge >= 0.3 is 0 Å². The summed E-state index contributed by atoms with van der Waals surface area (Å²) in [5.74, 6) is 0. The Morgan fingerprint density at radius 3 is 2.07 bits per heavy atom. The molecule has 134 valence electrons. The smallest absolute Gasteiger partial charge is 0.0152 e. The van der Waals surface area contributed by atoms with Crippen molar-refractivity contribution in [3.8, 4) is 11.1 Å². The highest BCUT2D eigenvalue weighted by Gasteiger charge is 2.11. The van der Waals surface area contributed by atoms with Crippen molar-refractivity contribution in [1.82, 2.24) is 0 Å². The fraction of sp³-hybridized carbons (Fsp3) is 0.185. The van der Waals surface area contributed by atoms with Crippen LogP contribution in [-0.4, -0.2) is 0 Å². The molecule has 0 saturated carbocycles. The van der Waals surface area contributed by atoms with Gasteiger partial charge in [0.2, 0.25) is 0 Å². The Bertz CT molecular complexity index is 930. The van der Waals surface area contributed by atoms with Crippen LogP contribution in [0.1, 0.15) is 36.8 Å². The van der Waals surface area contributed by atoms with E-state index in [1.165, 1.54) is 53.5 Å². The molecule has 0 amide bonds. The summed E-state index contributed by atoms with van der Waals surface area (Å²) in [6.45, 7) is 0. The van der Waals surface area contributed by atoms with Crippen LogP contribution < -0.4 is 0 Å². The average Bonchev–Trinajstić information content (AvgIpc) is 2.76. The van der Waals surface area contributed by atoms with E-state index in [-0.39, 0.29) is 0 Å². The summed E-state index contributed by atoms with van der Waals surface area (Å²) in [7, 11) is 0. The molecule has 0 unspecified atom stereocenters. The Hall–Kier alpha value is -2.86. The molecule has 3 aromatic carbocycles. The third-order valence-corrected chi connectivity index (χ3v) is 5.39. The molecule has 3 aromatic rings. The van der Waals surface area contributed by atoms with Gasteiger partial charge in [-0.2, -0.15) is 0 Å². The van der Waals surface area contributed by atoms with Crippen LogP contribution in [0.4, 0.5) is 0 Å². The van der Waals surface area contributed by atoms with Crippen LogP contribution in [0.5, 0.6) is 0 Å². The SMILES string of the molecule is C1=CC(c2ccccc2)=C(CCCc2ccccc2-c2ccccc2)CC1.